The minimum absolute atomic E-state index is 0.179. The Morgan fingerprint density at radius 3 is 2.74 bits per heavy atom. The fourth-order valence-electron chi connectivity index (χ4n) is 2.58. The zero-order chi connectivity index (χ0) is 17.1. The van der Waals surface area contributed by atoms with Crippen LogP contribution < -0.4 is 5.32 Å². The van der Waals surface area contributed by atoms with Crippen molar-refractivity contribution >= 4 is 35.2 Å². The van der Waals surface area contributed by atoms with Crippen molar-refractivity contribution in [1.29, 1.82) is 0 Å². The third-order valence-electron chi connectivity index (χ3n) is 4.12. The Morgan fingerprint density at radius 2 is 2.13 bits per heavy atom. The van der Waals surface area contributed by atoms with Gasteiger partial charge >= 0.3 is 12.0 Å². The molecule has 1 aromatic carbocycles. The van der Waals surface area contributed by atoms with Crippen LogP contribution in [-0.2, 0) is 4.79 Å². The monoisotopic (exact) mass is 358 g/mol. The number of carbonyl (C=O) groups is 2. The van der Waals surface area contributed by atoms with E-state index in [1.165, 1.54) is 4.90 Å². The summed E-state index contributed by atoms with van der Waals surface area (Å²) in [5.74, 6) is -0.817. The summed E-state index contributed by atoms with van der Waals surface area (Å²) in [6.45, 7) is 2.30. The van der Waals surface area contributed by atoms with Crippen LogP contribution in [0.4, 0.5) is 4.79 Å². The average Bonchev–Trinajstić information content (AvgIpc) is 3.23. The summed E-state index contributed by atoms with van der Waals surface area (Å²) in [4.78, 5) is 24.2. The summed E-state index contributed by atoms with van der Waals surface area (Å²) in [5.41, 5.74) is 1.06. The maximum atomic E-state index is 12.0. The predicted octanol–water partition coefficient (Wildman–Crippen LogP) is 3.46. The molecule has 7 heteroatoms. The molecule has 1 aliphatic carbocycles. The Kier molecular flexibility index (Phi) is 5.76. The van der Waals surface area contributed by atoms with Gasteiger partial charge in [0.15, 0.2) is 0 Å². The number of amides is 2. The fourth-order valence-corrected chi connectivity index (χ4v) is 3.13. The first kappa shape index (κ1) is 17.9. The van der Waals surface area contributed by atoms with Crippen LogP contribution in [0.3, 0.4) is 0 Å². The van der Waals surface area contributed by atoms with E-state index in [2.05, 4.69) is 5.32 Å². The zero-order valence-corrected chi connectivity index (χ0v) is 14.6. The lowest BCUT2D eigenvalue weighted by molar-refractivity contribution is -0.141. The zero-order valence-electron chi connectivity index (χ0n) is 13.1. The lowest BCUT2D eigenvalue weighted by atomic mass is 10.1. The third kappa shape index (κ3) is 4.75. The number of benzene rings is 1. The highest BCUT2D eigenvalue weighted by Gasteiger charge is 2.39. The number of nitrogens with one attached hydrogen (secondary N) is 1. The molecule has 0 saturated heterocycles. The van der Waals surface area contributed by atoms with Gasteiger partial charge in [-0.2, -0.15) is 0 Å². The second-order valence-electron chi connectivity index (χ2n) is 6.07. The highest BCUT2D eigenvalue weighted by atomic mass is 35.5. The van der Waals surface area contributed by atoms with Gasteiger partial charge in [0.1, 0.15) is 0 Å². The molecule has 23 heavy (non-hydrogen) atoms. The number of rotatable bonds is 6. The average molecular weight is 359 g/mol. The van der Waals surface area contributed by atoms with Crippen LogP contribution in [0.25, 0.3) is 0 Å². The summed E-state index contributed by atoms with van der Waals surface area (Å²) in [7, 11) is 1.59. The van der Waals surface area contributed by atoms with Crippen LogP contribution in [0, 0.1) is 11.8 Å². The van der Waals surface area contributed by atoms with Crippen LogP contribution in [0.15, 0.2) is 18.2 Å². The van der Waals surface area contributed by atoms with E-state index in [-0.39, 0.29) is 12.6 Å². The number of hydrogen-bond acceptors (Lipinski definition) is 2. The van der Waals surface area contributed by atoms with Crippen LogP contribution >= 0.6 is 23.2 Å². The number of aliphatic carboxylic acids is 1. The lowest BCUT2D eigenvalue weighted by Gasteiger charge is -2.20. The highest BCUT2D eigenvalue weighted by Crippen LogP contribution is 2.49. The van der Waals surface area contributed by atoms with Gasteiger partial charge in [0.05, 0.1) is 5.92 Å². The standard InChI is InChI=1S/C16H20Cl2N2O3/c1-9(15(21)22)8-20(2)16(23)19-7-10-5-13(10)12-4-3-11(17)6-14(12)18/h3-4,6,9-10,13H,5,7-8H2,1-2H3,(H,19,23)(H,21,22)/t9?,10-,13+/m0/s1. The predicted molar refractivity (Wildman–Crippen MR) is 90.1 cm³/mol. The summed E-state index contributed by atoms with van der Waals surface area (Å²) in [6, 6.07) is 5.22. The first-order chi connectivity index (χ1) is 10.8. The van der Waals surface area contributed by atoms with E-state index in [9.17, 15) is 9.59 Å². The summed E-state index contributed by atoms with van der Waals surface area (Å²) in [6.07, 6.45) is 0.969. The van der Waals surface area contributed by atoms with Crippen molar-refractivity contribution in [3.05, 3.63) is 33.8 Å². The molecular weight excluding hydrogens is 339 g/mol. The van der Waals surface area contributed by atoms with Gasteiger partial charge in [0, 0.05) is 30.2 Å². The summed E-state index contributed by atoms with van der Waals surface area (Å²) in [5, 5.41) is 13.0. The molecule has 3 atom stereocenters. The van der Waals surface area contributed by atoms with Gasteiger partial charge in [-0.1, -0.05) is 36.2 Å². The minimum atomic E-state index is -0.913. The van der Waals surface area contributed by atoms with E-state index < -0.39 is 11.9 Å². The molecule has 2 rings (SSSR count). The second kappa shape index (κ2) is 7.41. The van der Waals surface area contributed by atoms with Crippen molar-refractivity contribution in [2.45, 2.75) is 19.3 Å². The number of halogens is 2. The molecule has 1 aliphatic rings. The molecule has 0 aromatic heterocycles. The molecule has 2 amide bonds. The lowest BCUT2D eigenvalue weighted by Crippen LogP contribution is -2.41. The van der Waals surface area contributed by atoms with Gasteiger partial charge < -0.3 is 15.3 Å². The Balaban J connectivity index is 1.79. The molecule has 1 unspecified atom stereocenters. The molecule has 0 radical (unpaired) electrons. The van der Waals surface area contributed by atoms with Gasteiger partial charge in [-0.25, -0.2) is 4.79 Å². The van der Waals surface area contributed by atoms with Crippen molar-refractivity contribution in [2.24, 2.45) is 11.8 Å². The van der Waals surface area contributed by atoms with Crippen molar-refractivity contribution in [3.63, 3.8) is 0 Å². The molecule has 126 valence electrons. The number of urea groups is 1. The Morgan fingerprint density at radius 1 is 1.43 bits per heavy atom. The van der Waals surface area contributed by atoms with E-state index >= 15 is 0 Å². The van der Waals surface area contributed by atoms with Crippen molar-refractivity contribution in [3.8, 4) is 0 Å². The second-order valence-corrected chi connectivity index (χ2v) is 6.92. The van der Waals surface area contributed by atoms with Gasteiger partial charge in [-0.15, -0.1) is 0 Å². The molecule has 0 heterocycles. The van der Waals surface area contributed by atoms with Crippen LogP contribution in [0.2, 0.25) is 10.0 Å². The number of nitrogens with zero attached hydrogens (tertiary/aromatic N) is 1. The molecule has 2 N–H and O–H groups in total. The van der Waals surface area contributed by atoms with Gasteiger partial charge in [-0.05, 0) is 36.0 Å². The first-order valence-electron chi connectivity index (χ1n) is 7.46. The topological polar surface area (TPSA) is 69.6 Å². The summed E-state index contributed by atoms with van der Waals surface area (Å²) >= 11 is 12.1. The SMILES string of the molecule is CC(CN(C)C(=O)NC[C@@H]1C[C@H]1c1ccc(Cl)cc1Cl)C(=O)O. The highest BCUT2D eigenvalue weighted by molar-refractivity contribution is 6.35. The van der Waals surface area contributed by atoms with Crippen LogP contribution in [0.5, 0.6) is 0 Å². The molecule has 0 aliphatic heterocycles. The number of carbonyl (C=O) groups excluding carboxylic acids is 1. The number of hydrogen-bond donors (Lipinski definition) is 2. The van der Waals surface area contributed by atoms with Crippen molar-refractivity contribution in [2.75, 3.05) is 20.1 Å². The molecule has 0 bridgehead atoms. The van der Waals surface area contributed by atoms with E-state index in [0.717, 1.165) is 12.0 Å². The Hall–Kier alpha value is -1.46. The molecule has 1 fully saturated rings. The molecule has 1 saturated carbocycles. The van der Waals surface area contributed by atoms with Gasteiger partial charge in [0.2, 0.25) is 0 Å². The van der Waals surface area contributed by atoms with Crippen molar-refractivity contribution < 1.29 is 14.7 Å². The quantitative estimate of drug-likeness (QED) is 0.817. The maximum Gasteiger partial charge on any atom is 0.317 e. The number of carboxylic acids is 1. The largest absolute Gasteiger partial charge is 0.481 e. The molecule has 1 aromatic rings. The van der Waals surface area contributed by atoms with Crippen LogP contribution in [0.1, 0.15) is 24.8 Å². The smallest absolute Gasteiger partial charge is 0.317 e. The molecular formula is C16H20Cl2N2O3. The summed E-state index contributed by atoms with van der Waals surface area (Å²) < 4.78 is 0. The van der Waals surface area contributed by atoms with Gasteiger partial charge in [-0.3, -0.25) is 4.79 Å². The number of carboxylic acid groups (broad SMARTS) is 1. The van der Waals surface area contributed by atoms with E-state index in [1.807, 2.05) is 12.1 Å². The fraction of sp³-hybridized carbons (Fsp3) is 0.500. The molecule has 0 spiro atoms. The van der Waals surface area contributed by atoms with Crippen molar-refractivity contribution in [1.82, 2.24) is 10.2 Å². The molecule has 5 nitrogen and oxygen atoms in total. The maximum absolute atomic E-state index is 12.0. The van der Waals surface area contributed by atoms with E-state index in [1.54, 1.807) is 20.0 Å². The van der Waals surface area contributed by atoms with E-state index in [4.69, 9.17) is 28.3 Å². The minimum Gasteiger partial charge on any atom is -0.481 e. The van der Waals surface area contributed by atoms with Crippen LogP contribution in [-0.4, -0.2) is 42.1 Å². The van der Waals surface area contributed by atoms with E-state index in [0.29, 0.717) is 28.4 Å². The van der Waals surface area contributed by atoms with Gasteiger partial charge in [0.25, 0.3) is 0 Å². The normalized spacial score (nSPS) is 20.7. The Labute approximate surface area is 145 Å². The third-order valence-corrected chi connectivity index (χ3v) is 4.68. The Bertz CT molecular complexity index is 609. The first-order valence-corrected chi connectivity index (χ1v) is 8.22.